The molecule has 0 saturated carbocycles. The van der Waals surface area contributed by atoms with Gasteiger partial charge in [-0.2, -0.15) is 0 Å². The molecule has 2 rings (SSSR count). The summed E-state index contributed by atoms with van der Waals surface area (Å²) in [6.45, 7) is 10.4. The van der Waals surface area contributed by atoms with Gasteiger partial charge in [0.1, 0.15) is 0 Å². The maximum absolute atomic E-state index is 3.45. The van der Waals surface area contributed by atoms with E-state index in [1.165, 1.54) is 24.1 Å². The number of rotatable bonds is 3. The zero-order chi connectivity index (χ0) is 14.0. The summed E-state index contributed by atoms with van der Waals surface area (Å²) < 4.78 is 0. The van der Waals surface area contributed by atoms with E-state index in [0.29, 0.717) is 12.0 Å². The first-order valence-electron chi connectivity index (χ1n) is 7.49. The summed E-state index contributed by atoms with van der Waals surface area (Å²) in [7, 11) is 2.08. The van der Waals surface area contributed by atoms with Crippen LogP contribution in [0.2, 0.25) is 0 Å². The molecule has 1 aliphatic heterocycles. The first-order chi connectivity index (χ1) is 8.95. The van der Waals surface area contributed by atoms with Crippen LogP contribution >= 0.6 is 0 Å². The second kappa shape index (κ2) is 5.54. The molecule has 0 amide bonds. The van der Waals surface area contributed by atoms with Gasteiger partial charge in [-0.15, -0.1) is 0 Å². The predicted molar refractivity (Wildman–Crippen MR) is 84.0 cm³/mol. The lowest BCUT2D eigenvalue weighted by Gasteiger charge is -2.48. The van der Waals surface area contributed by atoms with Gasteiger partial charge in [-0.3, -0.25) is 0 Å². The van der Waals surface area contributed by atoms with Crippen molar-refractivity contribution in [3.8, 4) is 0 Å². The molecule has 0 aliphatic carbocycles. The first-order valence-corrected chi connectivity index (χ1v) is 7.49. The topological polar surface area (TPSA) is 15.3 Å². The monoisotopic (exact) mass is 260 g/mol. The highest BCUT2D eigenvalue weighted by atomic mass is 15.2. The maximum atomic E-state index is 3.45. The van der Waals surface area contributed by atoms with E-state index in [9.17, 15) is 0 Å². The van der Waals surface area contributed by atoms with E-state index in [1.54, 1.807) is 0 Å². The minimum Gasteiger partial charge on any atom is -0.365 e. The standard InChI is InChI=1S/C17H28N2/c1-13(2)15-8-6-7-9-16(15)19-12-14(18-5)10-11-17(19,3)4/h6-9,13-14,18H,10-12H2,1-5H3. The summed E-state index contributed by atoms with van der Waals surface area (Å²) >= 11 is 0. The number of hydrogen-bond donors (Lipinski definition) is 1. The van der Waals surface area contributed by atoms with Gasteiger partial charge in [0.15, 0.2) is 0 Å². The van der Waals surface area contributed by atoms with E-state index in [-0.39, 0.29) is 5.54 Å². The average molecular weight is 260 g/mol. The number of benzene rings is 1. The number of nitrogens with zero attached hydrogens (tertiary/aromatic N) is 1. The fraction of sp³-hybridized carbons (Fsp3) is 0.647. The van der Waals surface area contributed by atoms with Crippen molar-refractivity contribution in [1.82, 2.24) is 5.32 Å². The van der Waals surface area contributed by atoms with Crippen LogP contribution in [0, 0.1) is 0 Å². The Morgan fingerprint density at radius 3 is 2.58 bits per heavy atom. The molecule has 1 fully saturated rings. The molecule has 1 N–H and O–H groups in total. The Kier molecular flexibility index (Phi) is 4.19. The maximum Gasteiger partial charge on any atom is 0.0406 e. The Morgan fingerprint density at radius 2 is 1.95 bits per heavy atom. The summed E-state index contributed by atoms with van der Waals surface area (Å²) in [5.74, 6) is 0.571. The van der Waals surface area contributed by atoms with Crippen molar-refractivity contribution < 1.29 is 0 Å². The minimum atomic E-state index is 0.248. The molecule has 1 heterocycles. The van der Waals surface area contributed by atoms with Crippen LogP contribution in [0.4, 0.5) is 5.69 Å². The van der Waals surface area contributed by atoms with Gasteiger partial charge in [-0.25, -0.2) is 0 Å². The number of para-hydroxylation sites is 1. The van der Waals surface area contributed by atoms with Crippen LogP contribution in [-0.2, 0) is 0 Å². The molecule has 0 aromatic heterocycles. The second-order valence-electron chi connectivity index (χ2n) is 6.66. The molecule has 2 nitrogen and oxygen atoms in total. The van der Waals surface area contributed by atoms with E-state index < -0.39 is 0 Å². The van der Waals surface area contributed by atoms with Gasteiger partial charge in [-0.1, -0.05) is 32.0 Å². The Morgan fingerprint density at radius 1 is 1.26 bits per heavy atom. The van der Waals surface area contributed by atoms with Gasteiger partial charge < -0.3 is 10.2 Å². The van der Waals surface area contributed by atoms with Gasteiger partial charge in [0.2, 0.25) is 0 Å². The molecular weight excluding hydrogens is 232 g/mol. The molecule has 1 atom stereocenters. The molecule has 19 heavy (non-hydrogen) atoms. The van der Waals surface area contributed by atoms with Crippen molar-refractivity contribution in [2.75, 3.05) is 18.5 Å². The third kappa shape index (κ3) is 2.94. The fourth-order valence-corrected chi connectivity index (χ4v) is 3.10. The van der Waals surface area contributed by atoms with Gasteiger partial charge in [0.05, 0.1) is 0 Å². The molecular formula is C17H28N2. The zero-order valence-corrected chi connectivity index (χ0v) is 13.0. The van der Waals surface area contributed by atoms with Crippen LogP contribution in [-0.4, -0.2) is 25.2 Å². The number of nitrogens with one attached hydrogen (secondary N) is 1. The molecule has 1 unspecified atom stereocenters. The number of piperidine rings is 1. The van der Waals surface area contributed by atoms with Crippen molar-refractivity contribution in [2.24, 2.45) is 0 Å². The lowest BCUT2D eigenvalue weighted by molar-refractivity contribution is 0.313. The van der Waals surface area contributed by atoms with E-state index in [2.05, 4.69) is 69.2 Å². The summed E-state index contributed by atoms with van der Waals surface area (Å²) in [6.07, 6.45) is 2.51. The SMILES string of the molecule is CNC1CCC(C)(C)N(c2ccccc2C(C)C)C1. The number of likely N-dealkylation sites (N-methyl/N-ethyl adjacent to an activating group) is 1. The quantitative estimate of drug-likeness (QED) is 0.890. The summed E-state index contributed by atoms with van der Waals surface area (Å²) in [6, 6.07) is 9.49. The van der Waals surface area contributed by atoms with E-state index in [1.807, 2.05) is 0 Å². The molecule has 0 radical (unpaired) electrons. The highest BCUT2D eigenvalue weighted by Gasteiger charge is 2.34. The third-order valence-electron chi connectivity index (χ3n) is 4.50. The molecule has 2 heteroatoms. The highest BCUT2D eigenvalue weighted by molar-refractivity contribution is 5.57. The van der Waals surface area contributed by atoms with Crippen LogP contribution in [0.3, 0.4) is 0 Å². The van der Waals surface area contributed by atoms with Crippen LogP contribution in [0.15, 0.2) is 24.3 Å². The minimum absolute atomic E-state index is 0.248. The molecule has 1 aromatic rings. The molecule has 106 valence electrons. The molecule has 0 bridgehead atoms. The lowest BCUT2D eigenvalue weighted by atomic mass is 9.86. The van der Waals surface area contributed by atoms with Crippen LogP contribution in [0.25, 0.3) is 0 Å². The third-order valence-corrected chi connectivity index (χ3v) is 4.50. The van der Waals surface area contributed by atoms with Crippen LogP contribution in [0.5, 0.6) is 0 Å². The van der Waals surface area contributed by atoms with Crippen molar-refractivity contribution in [3.63, 3.8) is 0 Å². The zero-order valence-electron chi connectivity index (χ0n) is 13.0. The van der Waals surface area contributed by atoms with Crippen molar-refractivity contribution in [1.29, 1.82) is 0 Å². The van der Waals surface area contributed by atoms with Crippen molar-refractivity contribution in [3.05, 3.63) is 29.8 Å². The Balaban J connectivity index is 2.37. The molecule has 0 spiro atoms. The Hall–Kier alpha value is -1.02. The number of anilines is 1. The van der Waals surface area contributed by atoms with Gasteiger partial charge in [-0.05, 0) is 51.3 Å². The molecule has 1 aromatic carbocycles. The van der Waals surface area contributed by atoms with Crippen molar-refractivity contribution in [2.45, 2.75) is 58.0 Å². The highest BCUT2D eigenvalue weighted by Crippen LogP contribution is 2.36. The van der Waals surface area contributed by atoms with Gasteiger partial charge >= 0.3 is 0 Å². The summed E-state index contributed by atoms with van der Waals surface area (Å²) in [4.78, 5) is 2.60. The Bertz CT molecular complexity index is 423. The molecule has 1 saturated heterocycles. The predicted octanol–water partition coefficient (Wildman–Crippen LogP) is 3.78. The van der Waals surface area contributed by atoms with Crippen LogP contribution in [0.1, 0.15) is 52.0 Å². The largest absolute Gasteiger partial charge is 0.365 e. The van der Waals surface area contributed by atoms with Gasteiger partial charge in [0.25, 0.3) is 0 Å². The van der Waals surface area contributed by atoms with Gasteiger partial charge in [0, 0.05) is 23.8 Å². The van der Waals surface area contributed by atoms with E-state index in [0.717, 1.165) is 6.54 Å². The summed E-state index contributed by atoms with van der Waals surface area (Å²) in [5.41, 5.74) is 3.13. The normalized spacial score (nSPS) is 22.8. The fourth-order valence-electron chi connectivity index (χ4n) is 3.10. The second-order valence-corrected chi connectivity index (χ2v) is 6.66. The van der Waals surface area contributed by atoms with E-state index >= 15 is 0 Å². The lowest BCUT2D eigenvalue weighted by Crippen LogP contribution is -2.55. The average Bonchev–Trinajstić information content (AvgIpc) is 2.38. The Labute approximate surface area is 118 Å². The van der Waals surface area contributed by atoms with Crippen molar-refractivity contribution >= 4 is 5.69 Å². The molecule has 1 aliphatic rings. The number of hydrogen-bond acceptors (Lipinski definition) is 2. The smallest absolute Gasteiger partial charge is 0.0406 e. The van der Waals surface area contributed by atoms with E-state index in [4.69, 9.17) is 0 Å². The van der Waals surface area contributed by atoms with Crippen LogP contribution < -0.4 is 10.2 Å². The summed E-state index contributed by atoms with van der Waals surface area (Å²) in [5, 5.41) is 3.45. The first kappa shape index (κ1) is 14.4.